The SMILES string of the molecule is CN(Cc1cc(Cl)cc(Cl)c1)C(=O)c1cc(Cl)ccc1N. The zero-order valence-electron chi connectivity index (χ0n) is 11.2. The Hall–Kier alpha value is -1.42. The third kappa shape index (κ3) is 4.03. The Kier molecular flexibility index (Phi) is 4.99. The highest BCUT2D eigenvalue weighted by Gasteiger charge is 2.16. The number of carbonyl (C=O) groups is 1. The third-order valence-electron chi connectivity index (χ3n) is 2.93. The van der Waals surface area contributed by atoms with E-state index in [9.17, 15) is 4.79 Å². The molecule has 0 aliphatic rings. The van der Waals surface area contributed by atoms with Crippen LogP contribution in [-0.4, -0.2) is 17.9 Å². The van der Waals surface area contributed by atoms with Gasteiger partial charge >= 0.3 is 0 Å². The zero-order chi connectivity index (χ0) is 15.6. The second-order valence-electron chi connectivity index (χ2n) is 4.67. The van der Waals surface area contributed by atoms with Crippen molar-refractivity contribution < 1.29 is 4.79 Å². The van der Waals surface area contributed by atoms with Crippen LogP contribution < -0.4 is 5.73 Å². The molecule has 6 heteroatoms. The second-order valence-corrected chi connectivity index (χ2v) is 5.98. The van der Waals surface area contributed by atoms with Gasteiger partial charge in [-0.1, -0.05) is 34.8 Å². The Labute approximate surface area is 138 Å². The Morgan fingerprint density at radius 2 is 1.67 bits per heavy atom. The number of halogens is 3. The van der Waals surface area contributed by atoms with Crippen molar-refractivity contribution >= 4 is 46.4 Å². The maximum absolute atomic E-state index is 12.4. The van der Waals surface area contributed by atoms with Crippen LogP contribution in [0, 0.1) is 0 Å². The van der Waals surface area contributed by atoms with Crippen molar-refractivity contribution in [2.24, 2.45) is 0 Å². The fraction of sp³-hybridized carbons (Fsp3) is 0.133. The van der Waals surface area contributed by atoms with Gasteiger partial charge in [-0.3, -0.25) is 4.79 Å². The Balaban J connectivity index is 2.21. The summed E-state index contributed by atoms with van der Waals surface area (Å²) in [5.41, 5.74) is 7.42. The molecule has 0 aliphatic carbocycles. The molecule has 1 amide bonds. The summed E-state index contributed by atoms with van der Waals surface area (Å²) >= 11 is 17.8. The summed E-state index contributed by atoms with van der Waals surface area (Å²) in [4.78, 5) is 13.9. The number of carbonyl (C=O) groups excluding carboxylic acids is 1. The predicted molar refractivity (Wildman–Crippen MR) is 88.1 cm³/mol. The van der Waals surface area contributed by atoms with E-state index in [0.717, 1.165) is 5.56 Å². The lowest BCUT2D eigenvalue weighted by atomic mass is 10.1. The first-order valence-electron chi connectivity index (χ1n) is 6.12. The summed E-state index contributed by atoms with van der Waals surface area (Å²) in [6.45, 7) is 0.366. The molecule has 0 bridgehead atoms. The number of nitrogens with two attached hydrogens (primary N) is 1. The van der Waals surface area contributed by atoms with Gasteiger partial charge in [0.05, 0.1) is 5.56 Å². The summed E-state index contributed by atoms with van der Waals surface area (Å²) in [5, 5.41) is 1.52. The molecule has 0 spiro atoms. The lowest BCUT2D eigenvalue weighted by molar-refractivity contribution is 0.0786. The molecule has 0 aliphatic heterocycles. The van der Waals surface area contributed by atoms with Gasteiger partial charge in [0.1, 0.15) is 0 Å². The van der Waals surface area contributed by atoms with Gasteiger partial charge in [0.15, 0.2) is 0 Å². The highest BCUT2D eigenvalue weighted by molar-refractivity contribution is 6.34. The van der Waals surface area contributed by atoms with E-state index in [4.69, 9.17) is 40.5 Å². The standard InChI is InChI=1S/C15H13Cl3N2O/c1-20(8-9-4-11(17)6-12(18)5-9)15(21)13-7-10(16)2-3-14(13)19/h2-7H,8,19H2,1H3. The van der Waals surface area contributed by atoms with Crippen molar-refractivity contribution in [1.82, 2.24) is 4.90 Å². The fourth-order valence-electron chi connectivity index (χ4n) is 1.97. The summed E-state index contributed by atoms with van der Waals surface area (Å²) in [6.07, 6.45) is 0. The Morgan fingerprint density at radius 1 is 1.05 bits per heavy atom. The van der Waals surface area contributed by atoms with E-state index in [1.54, 1.807) is 43.4 Å². The van der Waals surface area contributed by atoms with E-state index in [1.807, 2.05) is 0 Å². The molecule has 0 heterocycles. The van der Waals surface area contributed by atoms with Crippen LogP contribution in [0.3, 0.4) is 0 Å². The number of nitrogens with zero attached hydrogens (tertiary/aromatic N) is 1. The van der Waals surface area contributed by atoms with Crippen LogP contribution in [0.1, 0.15) is 15.9 Å². The summed E-state index contributed by atoms with van der Waals surface area (Å²) in [5.74, 6) is -0.217. The first-order chi connectivity index (χ1) is 9.86. The number of nitrogen functional groups attached to an aromatic ring is 1. The first-order valence-corrected chi connectivity index (χ1v) is 7.25. The molecule has 0 unspecified atom stereocenters. The van der Waals surface area contributed by atoms with Crippen molar-refractivity contribution in [3.8, 4) is 0 Å². The summed E-state index contributed by atoms with van der Waals surface area (Å²) < 4.78 is 0. The molecular formula is C15H13Cl3N2O. The molecule has 3 nitrogen and oxygen atoms in total. The van der Waals surface area contributed by atoms with Crippen LogP contribution in [0.5, 0.6) is 0 Å². The van der Waals surface area contributed by atoms with Gasteiger partial charge in [0, 0.05) is 34.3 Å². The van der Waals surface area contributed by atoms with Crippen molar-refractivity contribution in [3.63, 3.8) is 0 Å². The van der Waals surface area contributed by atoms with Crippen LogP contribution >= 0.6 is 34.8 Å². The molecule has 21 heavy (non-hydrogen) atoms. The van der Waals surface area contributed by atoms with Gasteiger partial charge in [-0.05, 0) is 42.0 Å². The van der Waals surface area contributed by atoms with Crippen molar-refractivity contribution in [1.29, 1.82) is 0 Å². The maximum Gasteiger partial charge on any atom is 0.256 e. The van der Waals surface area contributed by atoms with Crippen LogP contribution in [0.2, 0.25) is 15.1 Å². The van der Waals surface area contributed by atoms with E-state index in [-0.39, 0.29) is 5.91 Å². The van der Waals surface area contributed by atoms with E-state index < -0.39 is 0 Å². The van der Waals surface area contributed by atoms with Gasteiger partial charge in [-0.25, -0.2) is 0 Å². The van der Waals surface area contributed by atoms with E-state index in [1.165, 1.54) is 4.90 Å². The van der Waals surface area contributed by atoms with Gasteiger partial charge in [0.2, 0.25) is 0 Å². The summed E-state index contributed by atoms with van der Waals surface area (Å²) in [6, 6.07) is 9.98. The van der Waals surface area contributed by atoms with Gasteiger partial charge in [0.25, 0.3) is 5.91 Å². The number of rotatable bonds is 3. The Bertz CT molecular complexity index is 668. The normalized spacial score (nSPS) is 10.5. The van der Waals surface area contributed by atoms with Gasteiger partial charge in [-0.15, -0.1) is 0 Å². The molecule has 2 aromatic carbocycles. The van der Waals surface area contributed by atoms with E-state index in [2.05, 4.69) is 0 Å². The molecule has 2 N–H and O–H groups in total. The van der Waals surface area contributed by atoms with E-state index >= 15 is 0 Å². The number of anilines is 1. The number of amides is 1. The largest absolute Gasteiger partial charge is 0.398 e. The average molecular weight is 344 g/mol. The highest BCUT2D eigenvalue weighted by Crippen LogP contribution is 2.22. The topological polar surface area (TPSA) is 46.3 Å². The van der Waals surface area contributed by atoms with Crippen LogP contribution in [-0.2, 0) is 6.54 Å². The smallest absolute Gasteiger partial charge is 0.256 e. The molecular weight excluding hydrogens is 331 g/mol. The molecule has 2 rings (SSSR count). The minimum atomic E-state index is -0.217. The Morgan fingerprint density at radius 3 is 2.29 bits per heavy atom. The van der Waals surface area contributed by atoms with Gasteiger partial charge < -0.3 is 10.6 Å². The zero-order valence-corrected chi connectivity index (χ0v) is 13.5. The fourth-order valence-corrected chi connectivity index (χ4v) is 2.71. The van der Waals surface area contributed by atoms with Crippen LogP contribution in [0.25, 0.3) is 0 Å². The van der Waals surface area contributed by atoms with E-state index in [0.29, 0.717) is 32.9 Å². The number of hydrogen-bond acceptors (Lipinski definition) is 2. The molecule has 0 saturated carbocycles. The molecule has 0 fully saturated rings. The predicted octanol–water partition coefficient (Wildman–Crippen LogP) is 4.50. The molecule has 2 aromatic rings. The molecule has 0 radical (unpaired) electrons. The minimum Gasteiger partial charge on any atom is -0.398 e. The third-order valence-corrected chi connectivity index (χ3v) is 3.61. The highest BCUT2D eigenvalue weighted by atomic mass is 35.5. The molecule has 0 atom stereocenters. The van der Waals surface area contributed by atoms with Gasteiger partial charge in [-0.2, -0.15) is 0 Å². The number of hydrogen-bond donors (Lipinski definition) is 1. The minimum absolute atomic E-state index is 0.217. The van der Waals surface area contributed by atoms with Crippen molar-refractivity contribution in [3.05, 3.63) is 62.6 Å². The van der Waals surface area contributed by atoms with Crippen molar-refractivity contribution in [2.45, 2.75) is 6.54 Å². The quantitative estimate of drug-likeness (QED) is 0.834. The first kappa shape index (κ1) is 16.0. The lowest BCUT2D eigenvalue weighted by Crippen LogP contribution is -2.27. The lowest BCUT2D eigenvalue weighted by Gasteiger charge is -2.19. The second kappa shape index (κ2) is 6.56. The molecule has 0 saturated heterocycles. The van der Waals surface area contributed by atoms with Crippen LogP contribution in [0.15, 0.2) is 36.4 Å². The van der Waals surface area contributed by atoms with Crippen molar-refractivity contribution in [2.75, 3.05) is 12.8 Å². The monoisotopic (exact) mass is 342 g/mol. The molecule has 110 valence electrons. The summed E-state index contributed by atoms with van der Waals surface area (Å²) in [7, 11) is 1.68. The molecule has 0 aromatic heterocycles. The van der Waals surface area contributed by atoms with Crippen LogP contribution in [0.4, 0.5) is 5.69 Å². The maximum atomic E-state index is 12.4. The average Bonchev–Trinajstić information content (AvgIpc) is 2.39. The number of benzene rings is 2.